The lowest BCUT2D eigenvalue weighted by Crippen LogP contribution is -2.55. The summed E-state index contributed by atoms with van der Waals surface area (Å²) in [4.78, 5) is 65.9. The molecule has 64 heavy (non-hydrogen) atoms. The highest BCUT2D eigenvalue weighted by atomic mass is 32.1. The van der Waals surface area contributed by atoms with Gasteiger partial charge in [-0.25, -0.2) is 23.5 Å². The number of rotatable bonds is 11. The lowest BCUT2D eigenvalue weighted by molar-refractivity contribution is -0.140. The van der Waals surface area contributed by atoms with Crippen LogP contribution in [0.15, 0.2) is 47.8 Å². The number of anilines is 1. The molecule has 2 aliphatic carbocycles. The number of carbonyl (C=O) groups is 3. The van der Waals surface area contributed by atoms with E-state index in [1.807, 2.05) is 25.3 Å². The first-order valence-corrected chi connectivity index (χ1v) is 25.2. The van der Waals surface area contributed by atoms with Crippen molar-refractivity contribution in [1.82, 2.24) is 25.5 Å². The monoisotopic (exact) mass is 922 g/mol. The van der Waals surface area contributed by atoms with Gasteiger partial charge in [-0.05, 0) is 89.0 Å². The van der Waals surface area contributed by atoms with Crippen molar-refractivity contribution in [2.75, 3.05) is 19.0 Å². The van der Waals surface area contributed by atoms with Crippen LogP contribution in [-0.2, 0) is 25.1 Å². The third kappa shape index (κ3) is 10.0. The summed E-state index contributed by atoms with van der Waals surface area (Å²) >= 11 is 1.44. The van der Waals surface area contributed by atoms with Gasteiger partial charge in [-0.1, -0.05) is 38.2 Å². The second kappa shape index (κ2) is 19.3. The molecule has 4 aliphatic rings. The number of hydrogen-bond donors (Lipinski definition) is 4. The molecule has 14 nitrogen and oxygen atoms in total. The molecule has 0 bridgehead atoms. The molecule has 4 N–H and O–H groups in total. The number of benzene rings is 2. The van der Waals surface area contributed by atoms with E-state index in [0.717, 1.165) is 62.2 Å². The van der Waals surface area contributed by atoms with Crippen molar-refractivity contribution in [3.05, 3.63) is 65.0 Å². The van der Waals surface area contributed by atoms with Gasteiger partial charge < -0.3 is 40.0 Å². The second-order valence-electron chi connectivity index (χ2n) is 17.9. The van der Waals surface area contributed by atoms with Crippen molar-refractivity contribution in [3.63, 3.8) is 0 Å². The minimum absolute atomic E-state index is 0.0102. The first-order valence-electron chi connectivity index (χ1n) is 22.5. The fraction of sp³-hybridized carbons (Fsp3) is 0.543. The molecule has 0 radical (unpaired) electrons. The van der Waals surface area contributed by atoms with Gasteiger partial charge in [-0.2, -0.15) is 0 Å². The Balaban J connectivity index is 1.13. The zero-order chi connectivity index (χ0) is 45.2. The number of ether oxygens (including phenoxy) is 3. The Hall–Kier alpha value is -4.86. The van der Waals surface area contributed by atoms with E-state index in [1.165, 1.54) is 22.3 Å². The number of halogens is 2. The third-order valence-corrected chi connectivity index (χ3v) is 16.4. The number of fused-ring (bicyclic) bond motifs is 3. The van der Waals surface area contributed by atoms with E-state index in [9.17, 15) is 32.6 Å². The summed E-state index contributed by atoms with van der Waals surface area (Å²) in [5, 5.41) is 10.7. The molecule has 6 atom stereocenters. The number of aromatic nitrogens is 2. The fourth-order valence-corrected chi connectivity index (χ4v) is 12.9. The van der Waals surface area contributed by atoms with Crippen molar-refractivity contribution in [1.29, 1.82) is 0 Å². The van der Waals surface area contributed by atoms with E-state index < -0.39 is 78.0 Å². The maximum Gasteiger partial charge on any atom is 0.408 e. The van der Waals surface area contributed by atoms with Crippen LogP contribution in [0.5, 0.6) is 11.5 Å². The number of methoxy groups -OCH3 is 1. The van der Waals surface area contributed by atoms with Crippen LogP contribution >= 0.6 is 18.7 Å². The number of alkyl carbamates (subject to hydrolysis) is 1. The summed E-state index contributed by atoms with van der Waals surface area (Å²) in [6.45, 7) is 3.98. The number of hydrogen-bond acceptors (Lipinski definition) is 11. The topological polar surface area (TPSA) is 181 Å². The lowest BCUT2D eigenvalue weighted by Gasteiger charge is -2.31. The van der Waals surface area contributed by atoms with Crippen LogP contribution in [0.2, 0.25) is 0 Å². The normalized spacial score (nSPS) is 25.4. The van der Waals surface area contributed by atoms with Gasteiger partial charge in [-0.15, -0.1) is 11.3 Å². The van der Waals surface area contributed by atoms with Crippen LogP contribution in [-0.4, -0.2) is 86.9 Å². The maximum absolute atomic E-state index is 15.0. The summed E-state index contributed by atoms with van der Waals surface area (Å²) in [6, 6.07) is 8.37. The van der Waals surface area contributed by atoms with Crippen molar-refractivity contribution in [3.8, 4) is 22.9 Å². The van der Waals surface area contributed by atoms with Gasteiger partial charge in [0, 0.05) is 40.9 Å². The highest BCUT2D eigenvalue weighted by molar-refractivity contribution is 7.59. The zero-order valence-corrected chi connectivity index (χ0v) is 38.2. The van der Waals surface area contributed by atoms with Crippen LogP contribution < -0.4 is 25.4 Å². The standard InChI is InChI=1S/C46H57F2N6O8PS/c1-27(2)49-44-51-39(26-64-44)38-22-41(32-19-18-30(60-3)20-37(32)50-38)61-31-21-40-42(55)53-46(63(58,59)25-33-34(47)15-11-16-35(33)48)23-28(46)12-7-5-4-6-8-17-36(43(56)54(40)24-31)52-45(57)62-29-13-9-10-14-29/h11,15-16,18-20,22,26-29,31,36,40H,4-10,12-14,17,21,23-25H2,1-3H3,(H,49,51)(H,52,57)(H,53,55)(H,58,59)/t28-,31+,36-,40-,46-/m0/s1. The Labute approximate surface area is 375 Å². The Morgan fingerprint density at radius 1 is 0.984 bits per heavy atom. The quantitative estimate of drug-likeness (QED) is 0.106. The first kappa shape index (κ1) is 45.7. The number of nitrogens with one attached hydrogen (secondary N) is 3. The predicted molar refractivity (Wildman–Crippen MR) is 240 cm³/mol. The molecule has 18 heteroatoms. The summed E-state index contributed by atoms with van der Waals surface area (Å²) < 4.78 is 62.5. The van der Waals surface area contributed by atoms with E-state index in [1.54, 1.807) is 25.3 Å². The maximum atomic E-state index is 15.0. The minimum Gasteiger partial charge on any atom is -0.497 e. The molecule has 2 saturated carbocycles. The smallest absolute Gasteiger partial charge is 0.408 e. The van der Waals surface area contributed by atoms with Gasteiger partial charge in [0.1, 0.15) is 58.4 Å². The van der Waals surface area contributed by atoms with E-state index in [0.29, 0.717) is 59.5 Å². The Kier molecular flexibility index (Phi) is 13.8. The first-order chi connectivity index (χ1) is 30.7. The lowest BCUT2D eigenvalue weighted by atomic mass is 10.0. The molecule has 4 heterocycles. The summed E-state index contributed by atoms with van der Waals surface area (Å²) in [5.74, 6) is -2.52. The van der Waals surface area contributed by atoms with Gasteiger partial charge in [-0.3, -0.25) is 14.2 Å². The molecular weight excluding hydrogens is 866 g/mol. The molecule has 3 amide bonds. The van der Waals surface area contributed by atoms with Gasteiger partial charge in [0.15, 0.2) is 5.13 Å². The van der Waals surface area contributed by atoms with E-state index in [-0.39, 0.29) is 31.5 Å². The molecular formula is C46H57F2N6O8PS. The molecule has 4 aromatic rings. The third-order valence-electron chi connectivity index (χ3n) is 13.0. The van der Waals surface area contributed by atoms with Crippen LogP contribution in [0.4, 0.5) is 18.7 Å². The molecule has 0 spiro atoms. The van der Waals surface area contributed by atoms with Crippen LogP contribution in [0.3, 0.4) is 0 Å². The Morgan fingerprint density at radius 2 is 1.70 bits per heavy atom. The Bertz CT molecular complexity index is 2400. The van der Waals surface area contributed by atoms with Gasteiger partial charge >= 0.3 is 6.09 Å². The van der Waals surface area contributed by atoms with E-state index >= 15 is 0 Å². The highest BCUT2D eigenvalue weighted by Crippen LogP contribution is 2.71. The molecule has 2 aliphatic heterocycles. The molecule has 2 aromatic carbocycles. The molecule has 2 aromatic heterocycles. The van der Waals surface area contributed by atoms with Crippen LogP contribution in [0, 0.1) is 17.6 Å². The minimum atomic E-state index is -4.54. The Morgan fingerprint density at radius 3 is 2.44 bits per heavy atom. The summed E-state index contributed by atoms with van der Waals surface area (Å²) in [7, 11) is -2.98. The molecule has 8 rings (SSSR count). The van der Waals surface area contributed by atoms with Crippen molar-refractivity contribution in [2.45, 2.75) is 139 Å². The SMILES string of the molecule is COc1ccc2c(O[C@@H]3C[C@H]4C(=O)N[C@]5(P(=O)(O)Cc6c(F)cccc6F)C[C@@H]5CCCCCCC[C@H](NC(=O)OC5CCCC5)C(=O)N4C3)cc(-c3csc(NC(C)C)n3)nc2c1. The molecule has 1 unspecified atom stereocenters. The van der Waals surface area contributed by atoms with E-state index in [4.69, 9.17) is 24.2 Å². The average Bonchev–Trinajstić information content (AvgIpc) is 3.67. The largest absolute Gasteiger partial charge is 0.497 e. The van der Waals surface area contributed by atoms with Crippen molar-refractivity contribution < 1.29 is 46.8 Å². The van der Waals surface area contributed by atoms with Gasteiger partial charge in [0.25, 0.3) is 0 Å². The number of thiazole rings is 1. The summed E-state index contributed by atoms with van der Waals surface area (Å²) in [5.41, 5.74) is 1.19. The molecule has 344 valence electrons. The second-order valence-corrected chi connectivity index (χ2v) is 21.3. The van der Waals surface area contributed by atoms with Crippen LogP contribution in [0.25, 0.3) is 22.3 Å². The van der Waals surface area contributed by atoms with Crippen molar-refractivity contribution in [2.24, 2.45) is 5.92 Å². The van der Waals surface area contributed by atoms with Crippen LogP contribution in [0.1, 0.15) is 103 Å². The average molecular weight is 923 g/mol. The number of carbonyl (C=O) groups excluding carboxylic acids is 3. The number of nitrogens with zero attached hydrogens (tertiary/aromatic N) is 3. The zero-order valence-electron chi connectivity index (χ0n) is 36.4. The molecule has 2 saturated heterocycles. The summed E-state index contributed by atoms with van der Waals surface area (Å²) in [6.07, 6.45) is 5.57. The van der Waals surface area contributed by atoms with Crippen molar-refractivity contribution >= 4 is 52.6 Å². The highest BCUT2D eigenvalue weighted by Gasteiger charge is 2.66. The fourth-order valence-electron chi connectivity index (χ4n) is 9.51. The van der Waals surface area contributed by atoms with Gasteiger partial charge in [0.05, 0.1) is 31.0 Å². The van der Waals surface area contributed by atoms with Gasteiger partial charge in [0.2, 0.25) is 19.2 Å². The number of pyridine rings is 1. The number of amides is 3. The predicted octanol–water partition coefficient (Wildman–Crippen LogP) is 8.90. The van der Waals surface area contributed by atoms with E-state index in [2.05, 4.69) is 16.0 Å². The molecule has 4 fully saturated rings.